The Bertz CT molecular complexity index is 916. The molecule has 6 heteroatoms. The van der Waals surface area contributed by atoms with Crippen LogP contribution in [0.3, 0.4) is 0 Å². The van der Waals surface area contributed by atoms with E-state index in [1.54, 1.807) is 0 Å². The average Bonchev–Trinajstić information content (AvgIpc) is 3.23. The molecule has 0 aromatic rings. The zero-order valence-electron chi connectivity index (χ0n) is 39.8. The lowest BCUT2D eigenvalue weighted by Gasteiger charge is -2.18. The monoisotopic (exact) mass is 833 g/mol. The number of carbonyl (C=O) groups is 3. The highest BCUT2D eigenvalue weighted by Gasteiger charge is 2.19. The molecule has 0 aliphatic rings. The summed E-state index contributed by atoms with van der Waals surface area (Å²) in [5.74, 6) is -0.853. The molecule has 0 amide bonds. The minimum Gasteiger partial charge on any atom is -0.462 e. The largest absolute Gasteiger partial charge is 0.462 e. The first kappa shape index (κ1) is 57.1. The fourth-order valence-electron chi connectivity index (χ4n) is 7.79. The number of rotatable bonds is 48. The Kier molecular flexibility index (Phi) is 47.3. The topological polar surface area (TPSA) is 78.9 Å². The van der Waals surface area contributed by atoms with Gasteiger partial charge in [-0.15, -0.1) is 0 Å². The Morgan fingerprint density at radius 2 is 0.559 bits per heavy atom. The predicted molar refractivity (Wildman–Crippen MR) is 252 cm³/mol. The van der Waals surface area contributed by atoms with E-state index in [1.165, 1.54) is 193 Å². The summed E-state index contributed by atoms with van der Waals surface area (Å²) in [6, 6.07) is 0. The maximum absolute atomic E-state index is 12.8. The quantitative estimate of drug-likeness (QED) is 0.0263. The van der Waals surface area contributed by atoms with E-state index in [9.17, 15) is 14.4 Å². The predicted octanol–water partition coefficient (Wildman–Crippen LogP) is 17.0. The second-order valence-electron chi connectivity index (χ2n) is 17.8. The molecule has 348 valence electrons. The molecule has 59 heavy (non-hydrogen) atoms. The lowest BCUT2D eigenvalue weighted by molar-refractivity contribution is -0.167. The molecule has 1 atom stereocenters. The fourth-order valence-corrected chi connectivity index (χ4v) is 7.79. The molecule has 0 aliphatic heterocycles. The van der Waals surface area contributed by atoms with Gasteiger partial charge in [0.25, 0.3) is 0 Å². The third-order valence-electron chi connectivity index (χ3n) is 11.8. The highest BCUT2D eigenvalue weighted by Crippen LogP contribution is 2.16. The average molecular weight is 833 g/mol. The number of hydrogen-bond acceptors (Lipinski definition) is 6. The van der Waals surface area contributed by atoms with Crippen LogP contribution in [0, 0.1) is 0 Å². The zero-order valence-corrected chi connectivity index (χ0v) is 39.8. The van der Waals surface area contributed by atoms with Crippen LogP contribution < -0.4 is 0 Å². The molecule has 0 bridgehead atoms. The van der Waals surface area contributed by atoms with Crippen molar-refractivity contribution in [2.45, 2.75) is 297 Å². The summed E-state index contributed by atoms with van der Waals surface area (Å²) in [6.45, 7) is 6.65. The maximum atomic E-state index is 12.8. The summed E-state index contributed by atoms with van der Waals surface area (Å²) in [7, 11) is 0. The van der Waals surface area contributed by atoms with Crippen molar-refractivity contribution >= 4 is 17.9 Å². The Labute approximate surface area is 367 Å². The van der Waals surface area contributed by atoms with Crippen LogP contribution in [0.15, 0.2) is 12.2 Å². The maximum Gasteiger partial charge on any atom is 0.306 e. The van der Waals surface area contributed by atoms with Crippen LogP contribution in [-0.4, -0.2) is 37.2 Å². The van der Waals surface area contributed by atoms with Crippen molar-refractivity contribution in [1.29, 1.82) is 0 Å². The zero-order chi connectivity index (χ0) is 43.0. The summed E-state index contributed by atoms with van der Waals surface area (Å²) in [6.07, 6.45) is 53.3. The number of carbonyl (C=O) groups excluding carboxylic acids is 3. The summed E-state index contributed by atoms with van der Waals surface area (Å²) < 4.78 is 16.8. The standard InChI is InChI=1S/C53H100O6/c1-4-7-10-13-16-19-22-25-27-29-31-34-37-40-43-46-52(55)58-49-50(48-57-51(54)45-42-39-36-33-30-24-21-18-15-12-9-6-3)59-53(56)47-44-41-38-35-32-28-26-23-20-17-14-11-8-5-2/h19,22,50H,4-18,20-21,23-49H2,1-3H3/b22-19-. The Morgan fingerprint density at radius 3 is 0.864 bits per heavy atom. The molecule has 0 aromatic carbocycles. The van der Waals surface area contributed by atoms with Gasteiger partial charge in [0.15, 0.2) is 6.10 Å². The van der Waals surface area contributed by atoms with E-state index in [0.717, 1.165) is 57.8 Å². The highest BCUT2D eigenvalue weighted by molar-refractivity contribution is 5.71. The summed E-state index contributed by atoms with van der Waals surface area (Å²) in [4.78, 5) is 37.9. The normalized spacial score (nSPS) is 12.0. The van der Waals surface area contributed by atoms with Gasteiger partial charge in [0.2, 0.25) is 0 Å². The van der Waals surface area contributed by atoms with Crippen LogP contribution in [-0.2, 0) is 28.6 Å². The van der Waals surface area contributed by atoms with Crippen molar-refractivity contribution < 1.29 is 28.6 Å². The van der Waals surface area contributed by atoms with Crippen molar-refractivity contribution in [3.8, 4) is 0 Å². The lowest BCUT2D eigenvalue weighted by atomic mass is 10.0. The molecule has 1 unspecified atom stereocenters. The van der Waals surface area contributed by atoms with Crippen molar-refractivity contribution in [2.75, 3.05) is 13.2 Å². The minimum atomic E-state index is -0.764. The first-order valence-corrected chi connectivity index (χ1v) is 26.2. The summed E-state index contributed by atoms with van der Waals surface area (Å²) >= 11 is 0. The van der Waals surface area contributed by atoms with Crippen LogP contribution >= 0.6 is 0 Å². The second kappa shape index (κ2) is 48.8. The molecule has 0 N–H and O–H groups in total. The van der Waals surface area contributed by atoms with Gasteiger partial charge in [0, 0.05) is 19.3 Å². The van der Waals surface area contributed by atoms with Gasteiger partial charge in [-0.25, -0.2) is 0 Å². The molecule has 0 rings (SSSR count). The van der Waals surface area contributed by atoms with Gasteiger partial charge in [-0.1, -0.05) is 238 Å². The molecule has 0 aromatic heterocycles. The van der Waals surface area contributed by atoms with Gasteiger partial charge in [0.05, 0.1) is 0 Å². The van der Waals surface area contributed by atoms with Crippen molar-refractivity contribution in [2.24, 2.45) is 0 Å². The molecule has 0 fully saturated rings. The number of unbranched alkanes of at least 4 members (excludes halogenated alkanes) is 35. The van der Waals surface area contributed by atoms with Crippen LogP contribution in [0.1, 0.15) is 290 Å². The Morgan fingerprint density at radius 1 is 0.322 bits per heavy atom. The second-order valence-corrected chi connectivity index (χ2v) is 17.8. The number of allylic oxidation sites excluding steroid dienone is 2. The van der Waals surface area contributed by atoms with E-state index in [-0.39, 0.29) is 31.1 Å². The van der Waals surface area contributed by atoms with Crippen LogP contribution in [0.2, 0.25) is 0 Å². The minimum absolute atomic E-state index is 0.0659. The van der Waals surface area contributed by atoms with Gasteiger partial charge < -0.3 is 14.2 Å². The lowest BCUT2D eigenvalue weighted by Crippen LogP contribution is -2.30. The molecule has 0 radical (unpaired) electrons. The highest BCUT2D eigenvalue weighted by atomic mass is 16.6. The van der Waals surface area contributed by atoms with Gasteiger partial charge in [-0.2, -0.15) is 0 Å². The van der Waals surface area contributed by atoms with Crippen molar-refractivity contribution in [3.05, 3.63) is 12.2 Å². The smallest absolute Gasteiger partial charge is 0.306 e. The van der Waals surface area contributed by atoms with E-state index in [1.807, 2.05) is 0 Å². The molecule has 0 heterocycles. The molecule has 0 spiro atoms. The summed E-state index contributed by atoms with van der Waals surface area (Å²) in [5, 5.41) is 0. The van der Waals surface area contributed by atoms with E-state index in [4.69, 9.17) is 14.2 Å². The van der Waals surface area contributed by atoms with Crippen molar-refractivity contribution in [1.82, 2.24) is 0 Å². The van der Waals surface area contributed by atoms with E-state index in [0.29, 0.717) is 19.3 Å². The molecular formula is C53H100O6. The third kappa shape index (κ3) is 47.1. The Hall–Kier alpha value is -1.85. The van der Waals surface area contributed by atoms with Crippen molar-refractivity contribution in [3.63, 3.8) is 0 Å². The molecule has 6 nitrogen and oxygen atoms in total. The summed E-state index contributed by atoms with van der Waals surface area (Å²) in [5.41, 5.74) is 0. The fraction of sp³-hybridized carbons (Fsp3) is 0.906. The Balaban J connectivity index is 4.32. The first-order chi connectivity index (χ1) is 29.0. The SMILES string of the molecule is CCCCCC/C=C\CCCCCCCCCC(=O)OCC(COC(=O)CCCCCCCCCCCCCC)OC(=O)CCCCCCCCCCCCCCCC. The van der Waals surface area contributed by atoms with Crippen LogP contribution in [0.4, 0.5) is 0 Å². The van der Waals surface area contributed by atoms with E-state index in [2.05, 4.69) is 32.9 Å². The van der Waals surface area contributed by atoms with Gasteiger partial charge >= 0.3 is 17.9 Å². The third-order valence-corrected chi connectivity index (χ3v) is 11.8. The van der Waals surface area contributed by atoms with Gasteiger partial charge in [-0.05, 0) is 44.9 Å². The first-order valence-electron chi connectivity index (χ1n) is 26.2. The molecule has 0 saturated carbocycles. The molecule has 0 aliphatic carbocycles. The molecule has 0 saturated heterocycles. The van der Waals surface area contributed by atoms with E-state index < -0.39 is 6.10 Å². The van der Waals surface area contributed by atoms with Gasteiger partial charge in [0.1, 0.15) is 13.2 Å². The number of hydrogen-bond donors (Lipinski definition) is 0. The van der Waals surface area contributed by atoms with Gasteiger partial charge in [-0.3, -0.25) is 14.4 Å². The number of esters is 3. The van der Waals surface area contributed by atoms with E-state index >= 15 is 0 Å². The number of ether oxygens (including phenoxy) is 3. The molecular weight excluding hydrogens is 733 g/mol. The van der Waals surface area contributed by atoms with Crippen LogP contribution in [0.5, 0.6) is 0 Å². The van der Waals surface area contributed by atoms with Crippen LogP contribution in [0.25, 0.3) is 0 Å².